The second kappa shape index (κ2) is 7.23. The van der Waals surface area contributed by atoms with E-state index in [1.54, 1.807) is 0 Å². The summed E-state index contributed by atoms with van der Waals surface area (Å²) in [5, 5.41) is 0.645. The largest absolute Gasteiger partial charge is 0.410 e. The summed E-state index contributed by atoms with van der Waals surface area (Å²) in [7, 11) is -1.80. The van der Waals surface area contributed by atoms with E-state index < -0.39 is 8.32 Å². The second-order valence-electron chi connectivity index (χ2n) is 6.23. The molecule has 0 spiro atoms. The van der Waals surface area contributed by atoms with Crippen LogP contribution in [0, 0.1) is 0 Å². The summed E-state index contributed by atoms with van der Waals surface area (Å²) in [5.74, 6) is 0.0729. The summed E-state index contributed by atoms with van der Waals surface area (Å²) in [4.78, 5) is 12.5. The molecular formula is C18H21ClO2Si. The average Bonchev–Trinajstić information content (AvgIpc) is 2.46. The van der Waals surface area contributed by atoms with E-state index in [9.17, 15) is 4.79 Å². The van der Waals surface area contributed by atoms with Gasteiger partial charge in [0.15, 0.2) is 14.1 Å². The van der Waals surface area contributed by atoms with Crippen molar-refractivity contribution in [3.8, 4) is 0 Å². The summed E-state index contributed by atoms with van der Waals surface area (Å²) in [6.45, 7) is 6.34. The van der Waals surface area contributed by atoms with Crippen molar-refractivity contribution in [2.24, 2.45) is 0 Å². The normalized spacial score (nSPS) is 12.9. The molecule has 0 saturated carbocycles. The van der Waals surface area contributed by atoms with Gasteiger partial charge in [-0.25, -0.2) is 0 Å². The van der Waals surface area contributed by atoms with Crippen LogP contribution >= 0.6 is 11.6 Å². The summed E-state index contributed by atoms with van der Waals surface area (Å²) in [6.07, 6.45) is 0.00551. The Hall–Kier alpha value is -1.42. The van der Waals surface area contributed by atoms with E-state index >= 15 is 0 Å². The van der Waals surface area contributed by atoms with Gasteiger partial charge in [0.25, 0.3) is 0 Å². The molecule has 0 bridgehead atoms. The number of Topliss-reactive ketones (excluding diaryl/α,β-unsaturated/α-hetero) is 1. The Kier molecular flexibility index (Phi) is 5.56. The van der Waals surface area contributed by atoms with Crippen molar-refractivity contribution in [2.75, 3.05) is 0 Å². The molecule has 0 aliphatic rings. The fourth-order valence-corrected chi connectivity index (χ4v) is 3.61. The smallest absolute Gasteiger partial charge is 0.184 e. The van der Waals surface area contributed by atoms with Crippen molar-refractivity contribution in [3.63, 3.8) is 0 Å². The maximum atomic E-state index is 12.5. The lowest BCUT2D eigenvalue weighted by Gasteiger charge is -2.27. The molecule has 2 rings (SSSR count). The molecule has 2 aromatic rings. The first kappa shape index (κ1) is 16.9. The highest BCUT2D eigenvalue weighted by molar-refractivity contribution is 6.69. The molecule has 1 atom stereocenters. The monoisotopic (exact) mass is 332 g/mol. The molecule has 0 saturated heterocycles. The topological polar surface area (TPSA) is 26.3 Å². The van der Waals surface area contributed by atoms with Crippen LogP contribution in [0.15, 0.2) is 54.6 Å². The van der Waals surface area contributed by atoms with Crippen LogP contribution in [0.1, 0.15) is 28.4 Å². The van der Waals surface area contributed by atoms with Crippen LogP contribution < -0.4 is 0 Å². The van der Waals surface area contributed by atoms with Gasteiger partial charge in [0, 0.05) is 17.0 Å². The zero-order valence-electron chi connectivity index (χ0n) is 13.2. The molecule has 0 radical (unpaired) electrons. The minimum Gasteiger partial charge on any atom is -0.410 e. The Balaban J connectivity index is 2.26. The lowest BCUT2D eigenvalue weighted by molar-refractivity contribution is 0.0900. The van der Waals surface area contributed by atoms with E-state index in [1.807, 2.05) is 54.6 Å². The number of halogens is 1. The highest BCUT2D eigenvalue weighted by Gasteiger charge is 2.26. The van der Waals surface area contributed by atoms with Crippen LogP contribution in [-0.4, -0.2) is 14.1 Å². The molecule has 4 heteroatoms. The molecule has 116 valence electrons. The molecule has 0 aliphatic carbocycles. The Morgan fingerprint density at radius 1 is 1.05 bits per heavy atom. The molecular weight excluding hydrogens is 312 g/mol. The lowest BCUT2D eigenvalue weighted by atomic mass is 10.0. The molecule has 0 heterocycles. The zero-order valence-corrected chi connectivity index (χ0v) is 14.9. The van der Waals surface area contributed by atoms with Crippen LogP contribution in [0.5, 0.6) is 0 Å². The van der Waals surface area contributed by atoms with Crippen molar-refractivity contribution in [2.45, 2.75) is 32.2 Å². The van der Waals surface area contributed by atoms with E-state index in [4.69, 9.17) is 16.0 Å². The number of ketones is 1. The number of carbonyl (C=O) groups excluding carboxylic acids is 1. The summed E-state index contributed by atoms with van der Waals surface area (Å²) in [5.41, 5.74) is 1.59. The van der Waals surface area contributed by atoms with Gasteiger partial charge >= 0.3 is 0 Å². The van der Waals surface area contributed by atoms with Crippen LogP contribution in [0.3, 0.4) is 0 Å². The van der Waals surface area contributed by atoms with Gasteiger partial charge in [0.1, 0.15) is 0 Å². The van der Waals surface area contributed by atoms with Crippen molar-refractivity contribution in [3.05, 3.63) is 70.7 Å². The van der Waals surface area contributed by atoms with Gasteiger partial charge in [-0.1, -0.05) is 60.1 Å². The summed E-state index contributed by atoms with van der Waals surface area (Å²) >= 11 is 6.30. The Labute approximate surface area is 138 Å². The molecule has 22 heavy (non-hydrogen) atoms. The maximum Gasteiger partial charge on any atom is 0.184 e. The molecule has 2 nitrogen and oxygen atoms in total. The average molecular weight is 333 g/mol. The predicted octanol–water partition coefficient (Wildman–Crippen LogP) is 5.51. The van der Waals surface area contributed by atoms with Gasteiger partial charge in [0.05, 0.1) is 6.10 Å². The Bertz CT molecular complexity index is 635. The van der Waals surface area contributed by atoms with Crippen molar-refractivity contribution in [1.29, 1.82) is 0 Å². The summed E-state index contributed by atoms with van der Waals surface area (Å²) < 4.78 is 6.23. The number of rotatable bonds is 6. The third-order valence-electron chi connectivity index (χ3n) is 3.21. The Morgan fingerprint density at radius 3 is 2.23 bits per heavy atom. The third-order valence-corrected chi connectivity index (χ3v) is 4.55. The molecule has 0 unspecified atom stereocenters. The minimum absolute atomic E-state index is 0.0729. The van der Waals surface area contributed by atoms with Gasteiger partial charge in [-0.3, -0.25) is 4.79 Å². The van der Waals surface area contributed by atoms with E-state index in [1.165, 1.54) is 0 Å². The fourth-order valence-electron chi connectivity index (χ4n) is 2.29. The highest BCUT2D eigenvalue weighted by atomic mass is 35.5. The lowest BCUT2D eigenvalue weighted by Crippen LogP contribution is -2.29. The SMILES string of the molecule is C[Si](C)(C)O[C@@H](CC(=O)c1ccccc1)c1ccccc1Cl. The Morgan fingerprint density at radius 2 is 1.64 bits per heavy atom. The van der Waals surface area contributed by atoms with Crippen molar-refractivity contribution < 1.29 is 9.22 Å². The van der Waals surface area contributed by atoms with E-state index in [0.717, 1.165) is 5.56 Å². The first-order valence-corrected chi connectivity index (χ1v) is 11.2. The van der Waals surface area contributed by atoms with Crippen LogP contribution in [0.2, 0.25) is 24.7 Å². The first-order valence-electron chi connectivity index (χ1n) is 7.37. The van der Waals surface area contributed by atoms with E-state index in [0.29, 0.717) is 17.0 Å². The molecule has 0 N–H and O–H groups in total. The van der Waals surface area contributed by atoms with Crippen LogP contribution in [-0.2, 0) is 4.43 Å². The summed E-state index contributed by atoms with van der Waals surface area (Å²) in [6, 6.07) is 16.9. The first-order chi connectivity index (χ1) is 10.4. The molecule has 0 aliphatic heterocycles. The van der Waals surface area contributed by atoms with E-state index in [2.05, 4.69) is 19.6 Å². The van der Waals surface area contributed by atoms with Gasteiger partial charge in [-0.15, -0.1) is 0 Å². The number of hydrogen-bond donors (Lipinski definition) is 0. The van der Waals surface area contributed by atoms with Crippen LogP contribution in [0.25, 0.3) is 0 Å². The molecule has 2 aromatic carbocycles. The van der Waals surface area contributed by atoms with Crippen molar-refractivity contribution >= 4 is 25.7 Å². The molecule has 0 fully saturated rings. The third kappa shape index (κ3) is 4.80. The maximum absolute atomic E-state index is 12.5. The zero-order chi connectivity index (χ0) is 16.2. The van der Waals surface area contributed by atoms with Gasteiger partial charge in [0.2, 0.25) is 0 Å². The predicted molar refractivity (Wildman–Crippen MR) is 94.0 cm³/mol. The molecule has 0 aromatic heterocycles. The number of hydrogen-bond acceptors (Lipinski definition) is 2. The second-order valence-corrected chi connectivity index (χ2v) is 11.1. The van der Waals surface area contributed by atoms with Gasteiger partial charge in [-0.2, -0.15) is 0 Å². The van der Waals surface area contributed by atoms with Gasteiger partial charge in [-0.05, 0) is 31.3 Å². The number of benzene rings is 2. The quantitative estimate of drug-likeness (QED) is 0.515. The van der Waals surface area contributed by atoms with E-state index in [-0.39, 0.29) is 11.9 Å². The standard InChI is InChI=1S/C18H21ClO2Si/c1-22(2,3)21-18(15-11-7-8-12-16(15)19)13-17(20)14-9-5-4-6-10-14/h4-12,18H,13H2,1-3H3/t18-/m0/s1. The highest BCUT2D eigenvalue weighted by Crippen LogP contribution is 2.31. The van der Waals surface area contributed by atoms with Gasteiger partial charge < -0.3 is 4.43 Å². The van der Waals surface area contributed by atoms with Crippen LogP contribution in [0.4, 0.5) is 0 Å². The number of carbonyl (C=O) groups is 1. The minimum atomic E-state index is -1.80. The molecule has 0 amide bonds. The fraction of sp³-hybridized carbons (Fsp3) is 0.278. The van der Waals surface area contributed by atoms with Crippen molar-refractivity contribution in [1.82, 2.24) is 0 Å².